The Balaban J connectivity index is 0.00000400. The van der Waals surface area contributed by atoms with Gasteiger partial charge in [0, 0.05) is 29.3 Å². The lowest BCUT2D eigenvalue weighted by Gasteiger charge is -2.22. The Morgan fingerprint density at radius 2 is 1.42 bits per heavy atom. The maximum Gasteiger partial charge on any atom is 0.203 e. The van der Waals surface area contributed by atoms with Crippen molar-refractivity contribution < 1.29 is 40.7 Å². The lowest BCUT2D eigenvalue weighted by atomic mass is 9.98. The third-order valence-corrected chi connectivity index (χ3v) is 6.04. The van der Waals surface area contributed by atoms with Crippen LogP contribution < -0.4 is 36.1 Å². The molecule has 2 aromatic rings. The van der Waals surface area contributed by atoms with Gasteiger partial charge < -0.3 is 36.1 Å². The van der Waals surface area contributed by atoms with Crippen LogP contribution >= 0.6 is 0 Å². The summed E-state index contributed by atoms with van der Waals surface area (Å²) in [5.74, 6) is 3.71. The molecule has 1 aliphatic carbocycles. The molecule has 0 bridgehead atoms. The van der Waals surface area contributed by atoms with Crippen molar-refractivity contribution in [3.8, 4) is 28.7 Å². The zero-order valence-electron chi connectivity index (χ0n) is 22.4. The fourth-order valence-electron chi connectivity index (χ4n) is 4.03. The molecular formula is C31H32ClNO5. The Morgan fingerprint density at radius 3 is 2.00 bits per heavy atom. The average Bonchev–Trinajstić information content (AvgIpc) is 2.93. The van der Waals surface area contributed by atoms with Gasteiger partial charge in [-0.05, 0) is 53.6 Å². The molecule has 4 rings (SSSR count). The second-order valence-corrected chi connectivity index (χ2v) is 8.55. The zero-order chi connectivity index (χ0) is 26.4. The zero-order valence-corrected chi connectivity index (χ0v) is 23.2. The molecule has 0 atom stereocenters. The van der Waals surface area contributed by atoms with E-state index in [-0.39, 0.29) is 12.4 Å². The van der Waals surface area contributed by atoms with E-state index in [2.05, 4.69) is 41.0 Å². The van der Waals surface area contributed by atoms with Crippen LogP contribution in [-0.4, -0.2) is 52.8 Å². The van der Waals surface area contributed by atoms with Crippen LogP contribution in [0.5, 0.6) is 28.7 Å². The summed E-state index contributed by atoms with van der Waals surface area (Å²) in [4.78, 5) is 0. The summed E-state index contributed by atoms with van der Waals surface area (Å²) < 4.78 is 30.4. The van der Waals surface area contributed by atoms with Crippen molar-refractivity contribution in [3.05, 3.63) is 102 Å². The van der Waals surface area contributed by atoms with Gasteiger partial charge in [0.2, 0.25) is 5.75 Å². The van der Waals surface area contributed by atoms with E-state index >= 15 is 0 Å². The highest BCUT2D eigenvalue weighted by Gasteiger charge is 2.22. The molecule has 1 heterocycles. The highest BCUT2D eigenvalue weighted by molar-refractivity contribution is 6.02. The number of nitrogens with zero attached hydrogens (tertiary/aromatic N) is 1. The number of halogens is 1. The molecular weight excluding hydrogens is 502 g/mol. The van der Waals surface area contributed by atoms with Gasteiger partial charge in [-0.15, -0.1) is 0 Å². The van der Waals surface area contributed by atoms with Gasteiger partial charge in [0.15, 0.2) is 17.2 Å². The van der Waals surface area contributed by atoms with Gasteiger partial charge >= 0.3 is 0 Å². The van der Waals surface area contributed by atoms with Crippen LogP contribution in [0.4, 0.5) is 0 Å². The van der Waals surface area contributed by atoms with Crippen molar-refractivity contribution >= 4 is 17.0 Å². The predicted octanol–water partition coefficient (Wildman–Crippen LogP) is 2.86. The van der Waals surface area contributed by atoms with Crippen LogP contribution in [0.3, 0.4) is 0 Å². The van der Waals surface area contributed by atoms with Gasteiger partial charge in [0.25, 0.3) is 0 Å². The lowest BCUT2D eigenvalue weighted by molar-refractivity contribution is -0.462. The third kappa shape index (κ3) is 6.21. The summed E-state index contributed by atoms with van der Waals surface area (Å²) >= 11 is 0. The first-order chi connectivity index (χ1) is 18.0. The largest absolute Gasteiger partial charge is 1.00 e. The highest BCUT2D eigenvalue weighted by atomic mass is 35.5. The first-order valence-electron chi connectivity index (χ1n) is 11.8. The number of hydrogen-bond acceptors (Lipinski definition) is 5. The van der Waals surface area contributed by atoms with Gasteiger partial charge in [-0.3, -0.25) is 0 Å². The van der Waals surface area contributed by atoms with Crippen LogP contribution in [0, 0.1) is 0 Å². The molecule has 0 N–H and O–H groups in total. The molecule has 0 saturated heterocycles. The summed E-state index contributed by atoms with van der Waals surface area (Å²) in [5, 5.41) is 0. The maximum atomic E-state index is 6.32. The molecule has 0 aromatic heterocycles. The van der Waals surface area contributed by atoms with Crippen molar-refractivity contribution in [2.75, 3.05) is 42.5 Å². The summed E-state index contributed by atoms with van der Waals surface area (Å²) in [6, 6.07) is 9.56. The standard InChI is InChI=1S/C31H32NO5.ClH/c1-32(2)24-13-11-21(12-14-24)9-7-8-10-22-17-27(37-28-20-25(33-3)15-16-26(22)28)23-18-29(34-4)31(36-6)30(19-23)35-5;/h7-20H,1-6H3;1H/q+1;/p-1/b8-7+,22-10+;. The molecule has 0 unspecified atom stereocenters. The molecule has 0 saturated carbocycles. The number of methoxy groups -OCH3 is 4. The van der Waals surface area contributed by atoms with Crippen LogP contribution in [0.25, 0.3) is 11.3 Å². The highest BCUT2D eigenvalue weighted by Crippen LogP contribution is 2.43. The Kier molecular flexibility index (Phi) is 9.63. The fraction of sp³-hybridized carbons (Fsp3) is 0.194. The number of ether oxygens (including phenoxy) is 5. The minimum atomic E-state index is 0. The molecule has 38 heavy (non-hydrogen) atoms. The van der Waals surface area contributed by atoms with E-state index < -0.39 is 0 Å². The quantitative estimate of drug-likeness (QED) is 0.512. The van der Waals surface area contributed by atoms with Crippen molar-refractivity contribution in [2.45, 2.75) is 0 Å². The van der Waals surface area contributed by atoms with Crippen molar-refractivity contribution in [1.82, 2.24) is 0 Å². The number of allylic oxidation sites excluding steroid dienone is 11. The van der Waals surface area contributed by atoms with Gasteiger partial charge in [0.1, 0.15) is 31.4 Å². The number of fused-ring (bicyclic) bond motifs is 1. The molecule has 2 aliphatic rings. The molecule has 2 aromatic carbocycles. The van der Waals surface area contributed by atoms with Crippen LogP contribution in [-0.2, 0) is 0 Å². The molecule has 0 amide bonds. The fourth-order valence-corrected chi connectivity index (χ4v) is 4.03. The topological polar surface area (TPSA) is 49.2 Å². The van der Waals surface area contributed by atoms with Gasteiger partial charge in [-0.2, -0.15) is 0 Å². The van der Waals surface area contributed by atoms with E-state index in [1.165, 1.54) is 5.71 Å². The van der Waals surface area contributed by atoms with E-state index in [1.54, 1.807) is 28.4 Å². The maximum absolute atomic E-state index is 6.32. The SMILES string of the molecule is COc1ccc2c(c1)OC(c1cc(OC)c(OC)c(OC)c1)=C/C2=C\C=C\C=C1C=CC(=[N+](C)C)C=C1.[Cl-]. The lowest BCUT2D eigenvalue weighted by Crippen LogP contribution is -3.00. The Morgan fingerprint density at radius 1 is 0.763 bits per heavy atom. The van der Waals surface area contributed by atoms with Crippen LogP contribution in [0.2, 0.25) is 0 Å². The normalized spacial score (nSPS) is 14.9. The Hall–Kier alpha value is -4.16. The van der Waals surface area contributed by atoms with Crippen molar-refractivity contribution in [3.63, 3.8) is 0 Å². The van der Waals surface area contributed by atoms with E-state index in [1.807, 2.05) is 62.7 Å². The summed E-state index contributed by atoms with van der Waals surface area (Å²) in [6.45, 7) is 0. The summed E-state index contributed by atoms with van der Waals surface area (Å²) in [6.07, 6.45) is 18.6. The first kappa shape index (κ1) is 28.4. The number of rotatable bonds is 7. The molecule has 1 aliphatic heterocycles. The summed E-state index contributed by atoms with van der Waals surface area (Å²) in [7, 11) is 10.5. The Bertz CT molecular complexity index is 1360. The number of benzene rings is 2. The molecule has 0 fully saturated rings. The van der Waals surface area contributed by atoms with Gasteiger partial charge in [0.05, 0.1) is 28.4 Å². The summed E-state index contributed by atoms with van der Waals surface area (Å²) in [5.41, 5.74) is 5.07. The van der Waals surface area contributed by atoms with E-state index in [0.717, 1.165) is 22.3 Å². The van der Waals surface area contributed by atoms with Gasteiger partial charge in [-0.1, -0.05) is 24.3 Å². The second-order valence-electron chi connectivity index (χ2n) is 8.55. The van der Waals surface area contributed by atoms with E-state index in [0.29, 0.717) is 34.5 Å². The predicted molar refractivity (Wildman–Crippen MR) is 148 cm³/mol. The number of hydrogen-bond donors (Lipinski definition) is 0. The minimum Gasteiger partial charge on any atom is -1.00 e. The molecule has 198 valence electrons. The molecule has 6 nitrogen and oxygen atoms in total. The average molecular weight is 534 g/mol. The Labute approximate surface area is 230 Å². The molecule has 0 spiro atoms. The molecule has 0 radical (unpaired) electrons. The van der Waals surface area contributed by atoms with Crippen LogP contribution in [0.15, 0.2) is 90.6 Å². The smallest absolute Gasteiger partial charge is 0.203 e. The molecule has 7 heteroatoms. The minimum absolute atomic E-state index is 0. The van der Waals surface area contributed by atoms with Crippen molar-refractivity contribution in [1.29, 1.82) is 0 Å². The van der Waals surface area contributed by atoms with E-state index in [4.69, 9.17) is 23.7 Å². The van der Waals surface area contributed by atoms with Gasteiger partial charge in [-0.25, -0.2) is 4.58 Å². The van der Waals surface area contributed by atoms with Crippen LogP contribution in [0.1, 0.15) is 11.1 Å². The second kappa shape index (κ2) is 12.9. The first-order valence-corrected chi connectivity index (χ1v) is 11.8. The third-order valence-electron chi connectivity index (χ3n) is 6.04. The monoisotopic (exact) mass is 533 g/mol. The van der Waals surface area contributed by atoms with Crippen molar-refractivity contribution in [2.24, 2.45) is 0 Å². The van der Waals surface area contributed by atoms with E-state index in [9.17, 15) is 0 Å².